The highest BCUT2D eigenvalue weighted by Gasteiger charge is 2.32. The molecule has 7 nitrogen and oxygen atoms in total. The van der Waals surface area contributed by atoms with Crippen LogP contribution in [0.15, 0.2) is 60.7 Å². The van der Waals surface area contributed by atoms with Gasteiger partial charge in [-0.15, -0.1) is 5.10 Å². The number of benzene rings is 2. The molecular weight excluding hydrogens is 344 g/mol. The zero-order valence-electron chi connectivity index (χ0n) is 14.6. The number of carbonyl (C=O) groups excluding carboxylic acids is 2. The fraction of sp³-hybridized carbons (Fsp3) is 0.150. The van der Waals surface area contributed by atoms with Gasteiger partial charge in [-0.2, -0.15) is 5.26 Å². The Morgan fingerprint density at radius 3 is 2.33 bits per heavy atom. The number of nitriles is 1. The van der Waals surface area contributed by atoms with Crippen LogP contribution in [0.1, 0.15) is 17.5 Å². The number of carbonyl (C=O) groups is 2. The molecule has 0 N–H and O–H groups in total. The number of aromatic nitrogens is 3. The molecule has 2 aromatic carbocycles. The summed E-state index contributed by atoms with van der Waals surface area (Å²) < 4.78 is 6.32. The van der Waals surface area contributed by atoms with Crippen LogP contribution in [0.25, 0.3) is 17.1 Å². The first-order valence-corrected chi connectivity index (χ1v) is 8.34. The predicted molar refractivity (Wildman–Crippen MR) is 96.9 cm³/mol. The minimum Gasteiger partial charge on any atom is -0.465 e. The molecule has 7 heteroatoms. The van der Waals surface area contributed by atoms with Crippen molar-refractivity contribution in [3.8, 4) is 23.1 Å². The topological polar surface area (TPSA) is 97.9 Å². The summed E-state index contributed by atoms with van der Waals surface area (Å²) in [4.78, 5) is 28.9. The van der Waals surface area contributed by atoms with Gasteiger partial charge in [-0.05, 0) is 19.1 Å². The van der Waals surface area contributed by atoms with Gasteiger partial charge in [0.15, 0.2) is 5.82 Å². The summed E-state index contributed by atoms with van der Waals surface area (Å²) in [7, 11) is 0. The van der Waals surface area contributed by atoms with Gasteiger partial charge in [0.1, 0.15) is 0 Å². The van der Waals surface area contributed by atoms with E-state index in [1.807, 2.05) is 60.7 Å². The van der Waals surface area contributed by atoms with Crippen LogP contribution in [0.4, 0.5) is 0 Å². The second kappa shape index (κ2) is 8.06. The molecule has 134 valence electrons. The van der Waals surface area contributed by atoms with E-state index in [4.69, 9.17) is 4.74 Å². The molecular formula is C20H16N4O3. The van der Waals surface area contributed by atoms with Gasteiger partial charge in [-0.1, -0.05) is 48.5 Å². The van der Waals surface area contributed by atoms with Crippen molar-refractivity contribution >= 4 is 11.8 Å². The summed E-state index contributed by atoms with van der Waals surface area (Å²) in [6, 6.07) is 20.1. The van der Waals surface area contributed by atoms with Gasteiger partial charge in [0.2, 0.25) is 17.5 Å². The summed E-state index contributed by atoms with van der Waals surface area (Å²) in [6.07, 6.45) is 0. The average molecular weight is 360 g/mol. The number of esters is 1. The van der Waals surface area contributed by atoms with Crippen molar-refractivity contribution < 1.29 is 14.3 Å². The van der Waals surface area contributed by atoms with Crippen LogP contribution in [0.5, 0.6) is 0 Å². The smallest absolute Gasteiger partial charge is 0.331 e. The third-order valence-electron chi connectivity index (χ3n) is 3.77. The molecule has 0 spiro atoms. The molecule has 0 saturated heterocycles. The molecule has 0 aliphatic rings. The lowest BCUT2D eigenvalue weighted by molar-refractivity contribution is -0.144. The molecule has 0 radical (unpaired) electrons. The Hall–Kier alpha value is -3.79. The van der Waals surface area contributed by atoms with Crippen molar-refractivity contribution in [2.75, 3.05) is 6.61 Å². The molecule has 3 aromatic rings. The van der Waals surface area contributed by atoms with E-state index in [0.717, 1.165) is 5.56 Å². The van der Waals surface area contributed by atoms with Crippen LogP contribution in [-0.2, 0) is 9.53 Å². The van der Waals surface area contributed by atoms with Gasteiger partial charge in [0, 0.05) is 5.56 Å². The van der Waals surface area contributed by atoms with Gasteiger partial charge < -0.3 is 4.74 Å². The maximum atomic E-state index is 12.7. The number of hydrogen-bond donors (Lipinski definition) is 0. The van der Waals surface area contributed by atoms with E-state index in [0.29, 0.717) is 11.5 Å². The molecule has 0 aliphatic heterocycles. The maximum absolute atomic E-state index is 12.7. The van der Waals surface area contributed by atoms with Gasteiger partial charge in [-0.25, -0.2) is 9.67 Å². The molecule has 0 aliphatic carbocycles. The van der Waals surface area contributed by atoms with Gasteiger partial charge >= 0.3 is 5.97 Å². The Morgan fingerprint density at radius 2 is 1.74 bits per heavy atom. The first-order chi connectivity index (χ1) is 13.2. The minimum absolute atomic E-state index is 0.0748. The Bertz CT molecular complexity index is 934. The van der Waals surface area contributed by atoms with Crippen LogP contribution in [-0.4, -0.2) is 33.1 Å². The highest BCUT2D eigenvalue weighted by atomic mass is 16.5. The lowest BCUT2D eigenvalue weighted by Gasteiger charge is -2.05. The largest absolute Gasteiger partial charge is 0.465 e. The predicted octanol–water partition coefficient (Wildman–Crippen LogP) is 2.82. The number of ether oxygens (including phenoxy) is 1. The molecule has 1 atom stereocenters. The summed E-state index contributed by atoms with van der Waals surface area (Å²) in [5.74, 6) is -3.06. The monoisotopic (exact) mass is 360 g/mol. The Balaban J connectivity index is 2.08. The number of para-hydroxylation sites is 1. The number of ketones is 1. The van der Waals surface area contributed by atoms with E-state index < -0.39 is 17.7 Å². The molecule has 3 rings (SSSR count). The summed E-state index contributed by atoms with van der Waals surface area (Å²) in [5.41, 5.74) is 1.45. The van der Waals surface area contributed by atoms with Crippen LogP contribution in [0, 0.1) is 17.2 Å². The SMILES string of the molecule is CCOC(=O)C(C#N)C(=O)c1nc(-c2ccccc2)n(-c2ccccc2)n1. The van der Waals surface area contributed by atoms with E-state index in [2.05, 4.69) is 10.1 Å². The van der Waals surface area contributed by atoms with Crippen LogP contribution >= 0.6 is 0 Å². The second-order valence-electron chi connectivity index (χ2n) is 5.55. The van der Waals surface area contributed by atoms with Crippen molar-refractivity contribution in [1.82, 2.24) is 14.8 Å². The Morgan fingerprint density at radius 1 is 1.11 bits per heavy atom. The normalized spacial score (nSPS) is 11.4. The number of rotatable bonds is 6. The zero-order chi connectivity index (χ0) is 19.2. The first-order valence-electron chi connectivity index (χ1n) is 8.34. The molecule has 0 fully saturated rings. The molecule has 0 bridgehead atoms. The van der Waals surface area contributed by atoms with E-state index in [1.54, 1.807) is 13.0 Å². The summed E-state index contributed by atoms with van der Waals surface area (Å²) >= 11 is 0. The molecule has 1 aromatic heterocycles. The molecule has 0 amide bonds. The zero-order valence-corrected chi connectivity index (χ0v) is 14.6. The molecule has 0 saturated carbocycles. The summed E-state index contributed by atoms with van der Waals surface area (Å²) in [6.45, 7) is 1.68. The lowest BCUT2D eigenvalue weighted by atomic mass is 10.1. The van der Waals surface area contributed by atoms with Gasteiger partial charge in [0.25, 0.3) is 0 Å². The number of hydrogen-bond acceptors (Lipinski definition) is 6. The third-order valence-corrected chi connectivity index (χ3v) is 3.77. The Labute approximate surface area is 155 Å². The second-order valence-corrected chi connectivity index (χ2v) is 5.55. The van der Waals surface area contributed by atoms with Gasteiger partial charge in [-0.3, -0.25) is 9.59 Å². The maximum Gasteiger partial charge on any atom is 0.331 e. The van der Waals surface area contributed by atoms with Crippen molar-refractivity contribution in [2.24, 2.45) is 5.92 Å². The average Bonchev–Trinajstić information content (AvgIpc) is 3.15. The van der Waals surface area contributed by atoms with Crippen LogP contribution in [0.2, 0.25) is 0 Å². The van der Waals surface area contributed by atoms with Crippen molar-refractivity contribution in [1.29, 1.82) is 5.26 Å². The van der Waals surface area contributed by atoms with Gasteiger partial charge in [0.05, 0.1) is 18.4 Å². The fourth-order valence-corrected chi connectivity index (χ4v) is 2.51. The van der Waals surface area contributed by atoms with Crippen molar-refractivity contribution in [2.45, 2.75) is 6.92 Å². The van der Waals surface area contributed by atoms with E-state index in [9.17, 15) is 14.9 Å². The van der Waals surface area contributed by atoms with E-state index >= 15 is 0 Å². The Kier molecular flexibility index (Phi) is 5.38. The first kappa shape index (κ1) is 18.0. The quantitative estimate of drug-likeness (QED) is 0.381. The minimum atomic E-state index is -1.60. The highest BCUT2D eigenvalue weighted by molar-refractivity contribution is 6.09. The fourth-order valence-electron chi connectivity index (χ4n) is 2.51. The van der Waals surface area contributed by atoms with E-state index in [1.165, 1.54) is 4.68 Å². The molecule has 27 heavy (non-hydrogen) atoms. The third kappa shape index (κ3) is 3.75. The lowest BCUT2D eigenvalue weighted by Crippen LogP contribution is -2.26. The van der Waals surface area contributed by atoms with E-state index in [-0.39, 0.29) is 12.4 Å². The molecule has 1 unspecified atom stereocenters. The van der Waals surface area contributed by atoms with Crippen molar-refractivity contribution in [3.05, 3.63) is 66.5 Å². The number of nitrogens with zero attached hydrogens (tertiary/aromatic N) is 4. The highest BCUT2D eigenvalue weighted by Crippen LogP contribution is 2.22. The van der Waals surface area contributed by atoms with Crippen molar-refractivity contribution in [3.63, 3.8) is 0 Å². The standard InChI is InChI=1S/C20H16N4O3/c1-2-27-20(26)16(13-21)17(25)18-22-19(14-9-5-3-6-10-14)24(23-18)15-11-7-4-8-12-15/h3-12,16H,2H2,1H3. The van der Waals surface area contributed by atoms with Crippen LogP contribution in [0.3, 0.4) is 0 Å². The summed E-state index contributed by atoms with van der Waals surface area (Å²) in [5, 5.41) is 13.5. The molecule has 1 heterocycles. The van der Waals surface area contributed by atoms with Crippen LogP contribution < -0.4 is 0 Å². The number of Topliss-reactive ketones (excluding diaryl/α,β-unsaturated/α-hetero) is 1.